The standard InChI is InChI=1S/C42H69N7O10S2.C23H40N4O4S2.C19H31N3O7.ClH/c1-8-13-29(35(53)40(58)43-9-2)45-38(56)32-22-42(60-20-21-61-42)23-49(32)41(59)34(28-14-11-10-12-15-28)48-39(57)33(24(3)4)47-37(55)31(19-17-26(6)51)46-36(54)30(44-27(7)52)18-16-25(5)50;1-3-8-16(19(28)21(30)25-4-2)26-20(29)17-13-23(32-11-12-33-23)14-27(17)22(31)18(24)15-9-6-5-7-10-15;1-10(2)16(19(28)29)22-18(27)15(9-7-12(4)24)21-17(26)14(20-13(5)25)8-6-11(3)23;/h24,28-35,53H,8-23H2,1-7H3,(H,43,58)(H,44,52)(H,45,56)(H,46,54)(H,47,55)(H,48,57);15-19,28H,3-14,24H2,1-2H3,(H,25,30)(H,26,29);10,14-16H,6-9H2,1-5H3,(H,20,25)(H,21,26)(H,22,27)(H,28,29);1H/t29?,30?,31?,32-,33?,34?,35?;16?,17-,18?,19?;;/m00../s1. The summed E-state index contributed by atoms with van der Waals surface area (Å²) in [5.41, 5.74) is 6.46. The molecule has 124 heavy (non-hydrogen) atoms. The molecule has 6 aliphatic rings. The van der Waals surface area contributed by atoms with E-state index in [1.54, 1.807) is 74.9 Å². The van der Waals surface area contributed by atoms with Gasteiger partial charge in [-0.2, -0.15) is 0 Å². The van der Waals surface area contributed by atoms with Crippen LogP contribution in [0.5, 0.6) is 0 Å². The van der Waals surface area contributed by atoms with Gasteiger partial charge in [0, 0.05) is 102 Å². The molecule has 40 heteroatoms. The Kier molecular flexibility index (Phi) is 49.7. The minimum absolute atomic E-state index is 0. The highest BCUT2D eigenvalue weighted by Crippen LogP contribution is 2.53. The third-order valence-corrected chi connectivity index (χ3v) is 29.5. The van der Waals surface area contributed by atoms with Crippen molar-refractivity contribution in [3.8, 4) is 0 Å². The molecule has 4 saturated heterocycles. The summed E-state index contributed by atoms with van der Waals surface area (Å²) < 4.78 is -0.627. The Morgan fingerprint density at radius 1 is 0.403 bits per heavy atom. The third-order valence-electron chi connectivity index (χ3n) is 22.6. The fraction of sp³-hybridized carbons (Fsp3) is 0.786. The highest BCUT2D eigenvalue weighted by atomic mass is 35.5. The normalized spacial score (nSPS) is 20.1. The van der Waals surface area contributed by atoms with Crippen LogP contribution in [0.2, 0.25) is 0 Å². The van der Waals surface area contributed by atoms with E-state index in [2.05, 4.69) is 58.5 Å². The topological polar surface area (TPSA) is 533 Å². The van der Waals surface area contributed by atoms with E-state index in [0.29, 0.717) is 71.0 Å². The van der Waals surface area contributed by atoms with Gasteiger partial charge in [-0.3, -0.25) is 62.3 Å². The Balaban J connectivity index is 0.000000529. The van der Waals surface area contributed by atoms with E-state index in [0.717, 1.165) is 68.0 Å². The largest absolute Gasteiger partial charge is 0.480 e. The van der Waals surface area contributed by atoms with Crippen LogP contribution in [-0.4, -0.2) is 273 Å². The first-order valence-corrected chi connectivity index (χ1v) is 47.6. The van der Waals surface area contributed by atoms with Gasteiger partial charge in [-0.05, 0) is 129 Å². The lowest BCUT2D eigenvalue weighted by atomic mass is 9.83. The molecule has 2 spiro atoms. The Morgan fingerprint density at radius 3 is 1.04 bits per heavy atom. The van der Waals surface area contributed by atoms with Gasteiger partial charge in [0.25, 0.3) is 11.8 Å². The summed E-state index contributed by atoms with van der Waals surface area (Å²) in [6, 6.07) is -11.7. The molecule has 0 aromatic rings. The number of carboxylic acids is 1. The molecule has 14 atom stereocenters. The maximum absolute atomic E-state index is 15.0. The second-order valence-electron chi connectivity index (χ2n) is 33.8. The van der Waals surface area contributed by atoms with Crippen molar-refractivity contribution in [3.63, 3.8) is 0 Å². The lowest BCUT2D eigenvalue weighted by Crippen LogP contribution is -2.62. The number of carboxylic acid groups (broad SMARTS) is 1. The first kappa shape index (κ1) is 111. The quantitative estimate of drug-likeness (QED) is 0.0416. The van der Waals surface area contributed by atoms with Crippen LogP contribution >= 0.6 is 59.5 Å². The van der Waals surface area contributed by atoms with Gasteiger partial charge >= 0.3 is 5.97 Å². The lowest BCUT2D eigenvalue weighted by molar-refractivity contribution is -0.144. The number of hydrogen-bond donors (Lipinski definition) is 15. The predicted octanol–water partition coefficient (Wildman–Crippen LogP) is 3.29. The molecule has 12 unspecified atom stereocenters. The number of likely N-dealkylation sites (tertiary alicyclic amines) is 2. The van der Waals surface area contributed by atoms with E-state index < -0.39 is 172 Å². The zero-order valence-electron chi connectivity index (χ0n) is 74.7. The molecule has 4 heterocycles. The number of nitrogens with two attached hydrogens (primary N) is 1. The van der Waals surface area contributed by atoms with Crippen LogP contribution in [0.4, 0.5) is 0 Å². The fourth-order valence-electron chi connectivity index (χ4n) is 16.0. The van der Waals surface area contributed by atoms with E-state index in [4.69, 9.17) is 5.73 Å². The van der Waals surface area contributed by atoms with E-state index in [9.17, 15) is 102 Å². The van der Waals surface area contributed by atoms with E-state index in [-0.39, 0.29) is 121 Å². The molecular weight excluding hydrogens is 1700 g/mol. The first-order valence-electron chi connectivity index (χ1n) is 43.7. The van der Waals surface area contributed by atoms with Crippen LogP contribution in [0.1, 0.15) is 251 Å². The van der Waals surface area contributed by atoms with Gasteiger partial charge in [-0.25, -0.2) is 4.79 Å². The van der Waals surface area contributed by atoms with Crippen LogP contribution in [-0.2, 0) is 86.3 Å². The smallest absolute Gasteiger partial charge is 0.326 e. The molecule has 13 amide bonds. The maximum atomic E-state index is 15.0. The molecule has 6 fully saturated rings. The van der Waals surface area contributed by atoms with Crippen LogP contribution in [0, 0.1) is 23.7 Å². The number of aliphatic hydroxyl groups excluding tert-OH is 2. The van der Waals surface area contributed by atoms with Crippen molar-refractivity contribution in [1.29, 1.82) is 0 Å². The minimum atomic E-state index is -1.49. The summed E-state index contributed by atoms with van der Waals surface area (Å²) in [4.78, 5) is 232. The van der Waals surface area contributed by atoms with Crippen molar-refractivity contribution in [3.05, 3.63) is 0 Å². The summed E-state index contributed by atoms with van der Waals surface area (Å²) >= 11 is 7.03. The number of aliphatic carboxylic acids is 1. The number of nitrogens with zero attached hydrogens (tertiary/aromatic N) is 2. The van der Waals surface area contributed by atoms with Gasteiger partial charge in [0.1, 0.15) is 77.5 Å². The molecule has 0 bridgehead atoms. The van der Waals surface area contributed by atoms with E-state index >= 15 is 0 Å². The number of amides is 13. The predicted molar refractivity (Wildman–Crippen MR) is 479 cm³/mol. The molecule has 0 aromatic carbocycles. The highest BCUT2D eigenvalue weighted by molar-refractivity contribution is 8.21. The van der Waals surface area contributed by atoms with Gasteiger partial charge < -0.3 is 109 Å². The van der Waals surface area contributed by atoms with Crippen molar-refractivity contribution in [2.45, 2.75) is 344 Å². The van der Waals surface area contributed by atoms with Crippen molar-refractivity contribution in [1.82, 2.24) is 68.3 Å². The van der Waals surface area contributed by atoms with Gasteiger partial charge in [-0.1, -0.05) is 92.9 Å². The molecule has 16 N–H and O–H groups in total. The first-order chi connectivity index (χ1) is 58.0. The number of halogens is 1. The number of thioether (sulfide) groups is 4. The average molecular weight is 1850 g/mol. The number of likely N-dealkylation sites (N-methyl/N-ethyl adjacent to an activating group) is 2. The Hall–Kier alpha value is -7.17. The van der Waals surface area contributed by atoms with Crippen LogP contribution in [0.15, 0.2) is 0 Å². The summed E-state index contributed by atoms with van der Waals surface area (Å²) in [5, 5.41) is 59.8. The fourth-order valence-corrected chi connectivity index (χ4v) is 22.5. The number of nitrogens with one attached hydrogen (secondary N) is 11. The summed E-state index contributed by atoms with van der Waals surface area (Å²) in [5.74, 6) is -6.28. The molecule has 35 nitrogen and oxygen atoms in total. The number of hydrogen-bond acceptors (Lipinski definition) is 25. The second-order valence-corrected chi connectivity index (χ2v) is 40.2. The molecule has 4 aliphatic heterocycles. The SMILES string of the molecule is CC(=O)CCC(NC(C)=O)C(=O)NC(CCC(C)=O)C(=O)NC(C(=O)O)C(C)C.CCCC(NC(=O)[C@@H]1CC2(CN1C(=O)C(N)C1CCCCC1)SCCS2)C(O)C(=O)NCC.CCCC(NC(=O)[C@@H]1CC2(CN1C(=O)C(NC(=O)C(NC(=O)C(CCC(C)=O)NC(=O)C(CCC(C)=O)NC(C)=O)C(C)C)C1CCCCC1)SCCS2)C(O)C(=O)NCC.Cl. The van der Waals surface area contributed by atoms with E-state index in [1.165, 1.54) is 48.0 Å². The minimum Gasteiger partial charge on any atom is -0.480 e. The zero-order valence-corrected chi connectivity index (χ0v) is 78.8. The van der Waals surface area contributed by atoms with Crippen molar-refractivity contribution >= 4 is 165 Å². The number of carbonyl (C=O) groups is 18. The zero-order chi connectivity index (χ0) is 92.2. The number of rotatable bonds is 45. The van der Waals surface area contributed by atoms with Crippen LogP contribution in [0.3, 0.4) is 0 Å². The summed E-state index contributed by atoms with van der Waals surface area (Å²) in [7, 11) is 0. The van der Waals surface area contributed by atoms with Gasteiger partial charge in [-0.15, -0.1) is 59.5 Å². The Morgan fingerprint density at radius 2 is 0.726 bits per heavy atom. The summed E-state index contributed by atoms with van der Waals surface area (Å²) in [6.07, 6.45) is 9.35. The van der Waals surface area contributed by atoms with Crippen LogP contribution < -0.4 is 64.2 Å². The van der Waals surface area contributed by atoms with E-state index in [1.807, 2.05) is 37.4 Å². The summed E-state index contributed by atoms with van der Waals surface area (Å²) in [6.45, 7) is 23.3. The monoisotopic (exact) mass is 1840 g/mol. The number of ketones is 4. The van der Waals surface area contributed by atoms with Crippen molar-refractivity contribution in [2.24, 2.45) is 29.4 Å². The maximum Gasteiger partial charge on any atom is 0.326 e. The second kappa shape index (κ2) is 55.5. The Bertz CT molecular complexity index is 3620. The number of Topliss-reactive ketones (excluding diaryl/α,β-unsaturated/α-hetero) is 4. The molecular formula is C84H141ClN14O21S4. The molecule has 6 rings (SSSR count). The average Bonchev–Trinajstić information content (AvgIpc) is 1.62. The molecule has 0 aromatic heterocycles. The van der Waals surface area contributed by atoms with Crippen molar-refractivity contribution < 1.29 is 102 Å². The molecule has 2 saturated carbocycles. The van der Waals surface area contributed by atoms with Gasteiger partial charge in [0.15, 0.2) is 12.2 Å². The third kappa shape index (κ3) is 36.2. The molecule has 2 aliphatic carbocycles. The lowest BCUT2D eigenvalue weighted by Gasteiger charge is -2.36. The number of carbonyl (C=O) groups excluding carboxylic acids is 17. The Labute approximate surface area is 753 Å². The van der Waals surface area contributed by atoms with Gasteiger partial charge in [0.2, 0.25) is 65.0 Å². The van der Waals surface area contributed by atoms with Crippen LogP contribution in [0.25, 0.3) is 0 Å². The number of aliphatic hydroxyl groups is 2. The highest BCUT2D eigenvalue weighted by Gasteiger charge is 2.55. The molecule has 0 radical (unpaired) electrons. The van der Waals surface area contributed by atoms with Gasteiger partial charge in [0.05, 0.1) is 26.3 Å². The van der Waals surface area contributed by atoms with Crippen molar-refractivity contribution in [2.75, 3.05) is 49.2 Å². The molecule has 704 valence electrons.